The molecule has 0 aliphatic carbocycles. The van der Waals surface area contributed by atoms with E-state index in [1.807, 2.05) is 18.2 Å². The monoisotopic (exact) mass is 446 g/mol. The van der Waals surface area contributed by atoms with Gasteiger partial charge >= 0.3 is 12.1 Å². The van der Waals surface area contributed by atoms with Crippen molar-refractivity contribution in [3.05, 3.63) is 54.1 Å². The first kappa shape index (κ1) is 24.9. The molecule has 0 aliphatic rings. The number of hydrogen-bond donors (Lipinski definition) is 4. The lowest BCUT2D eigenvalue weighted by molar-refractivity contribution is -0.147. The zero-order valence-corrected chi connectivity index (χ0v) is 18.5. The molecule has 174 valence electrons. The Balaban J connectivity index is 2.01. The van der Waals surface area contributed by atoms with Crippen LogP contribution in [-0.2, 0) is 32.1 Å². The summed E-state index contributed by atoms with van der Waals surface area (Å²) in [6, 6.07) is 7.19. The van der Waals surface area contributed by atoms with Crippen LogP contribution in [0.15, 0.2) is 42.9 Å². The highest BCUT2D eigenvalue weighted by Gasteiger charge is 2.28. The van der Waals surface area contributed by atoms with Crippen molar-refractivity contribution in [2.24, 2.45) is 0 Å². The SMILES string of the molecule is CC(C)(C)OC(=O)N[C@H](CC(=O)OCc1ccccc1)C(=O)N[C@H](CO)Cc1cnc[nH]1. The van der Waals surface area contributed by atoms with Crippen molar-refractivity contribution in [2.75, 3.05) is 6.61 Å². The van der Waals surface area contributed by atoms with Gasteiger partial charge in [0.1, 0.15) is 18.2 Å². The summed E-state index contributed by atoms with van der Waals surface area (Å²) < 4.78 is 10.4. The lowest BCUT2D eigenvalue weighted by Crippen LogP contribution is -2.52. The highest BCUT2D eigenvalue weighted by atomic mass is 16.6. The highest BCUT2D eigenvalue weighted by Crippen LogP contribution is 2.09. The molecule has 2 aromatic rings. The lowest BCUT2D eigenvalue weighted by atomic mass is 10.1. The standard InChI is InChI=1S/C22H30N4O6/c1-22(2,3)32-21(30)26-18(10-19(28)31-13-15-7-5-4-6-8-15)20(29)25-17(12-27)9-16-11-23-14-24-16/h4-8,11,14,17-18,27H,9-10,12-13H2,1-3H3,(H,23,24)(H,25,29)(H,26,30)/t17-,18+/m0/s1. The van der Waals surface area contributed by atoms with Crippen LogP contribution in [0.2, 0.25) is 0 Å². The molecule has 0 spiro atoms. The molecule has 4 N–H and O–H groups in total. The quantitative estimate of drug-likeness (QED) is 0.405. The molecule has 0 radical (unpaired) electrons. The van der Waals surface area contributed by atoms with Crippen molar-refractivity contribution >= 4 is 18.0 Å². The second-order valence-electron chi connectivity index (χ2n) is 8.22. The normalized spacial score (nSPS) is 13.0. The number of carbonyl (C=O) groups excluding carboxylic acids is 3. The summed E-state index contributed by atoms with van der Waals surface area (Å²) in [5.74, 6) is -1.31. The molecule has 10 heteroatoms. The Morgan fingerprint density at radius 1 is 1.16 bits per heavy atom. The third kappa shape index (κ3) is 9.17. The summed E-state index contributed by atoms with van der Waals surface area (Å²) >= 11 is 0. The highest BCUT2D eigenvalue weighted by molar-refractivity contribution is 5.89. The summed E-state index contributed by atoms with van der Waals surface area (Å²) in [5.41, 5.74) is 0.720. The van der Waals surface area contributed by atoms with E-state index in [1.165, 1.54) is 6.33 Å². The van der Waals surface area contributed by atoms with Crippen molar-refractivity contribution in [3.63, 3.8) is 0 Å². The van der Waals surface area contributed by atoms with Crippen LogP contribution in [-0.4, -0.2) is 57.3 Å². The van der Waals surface area contributed by atoms with Crippen LogP contribution in [0.3, 0.4) is 0 Å². The topological polar surface area (TPSA) is 143 Å². The fourth-order valence-corrected chi connectivity index (χ4v) is 2.75. The number of ether oxygens (including phenoxy) is 2. The number of hydrogen-bond acceptors (Lipinski definition) is 7. The zero-order valence-electron chi connectivity index (χ0n) is 18.5. The van der Waals surface area contributed by atoms with E-state index in [1.54, 1.807) is 39.1 Å². The second kappa shape index (κ2) is 11.8. The number of carbonyl (C=O) groups is 3. The summed E-state index contributed by atoms with van der Waals surface area (Å²) in [4.78, 5) is 44.2. The van der Waals surface area contributed by atoms with Crippen molar-refractivity contribution in [2.45, 2.75) is 57.9 Å². The van der Waals surface area contributed by atoms with Gasteiger partial charge in [-0.1, -0.05) is 30.3 Å². The summed E-state index contributed by atoms with van der Waals surface area (Å²) in [6.07, 6.45) is 2.11. The van der Waals surface area contributed by atoms with E-state index in [0.717, 1.165) is 5.56 Å². The van der Waals surface area contributed by atoms with Crippen molar-refractivity contribution in [1.82, 2.24) is 20.6 Å². The van der Waals surface area contributed by atoms with Gasteiger partial charge in [0.25, 0.3) is 0 Å². The van der Waals surface area contributed by atoms with Crippen LogP contribution < -0.4 is 10.6 Å². The van der Waals surface area contributed by atoms with Gasteiger partial charge in [0.15, 0.2) is 0 Å². The molecule has 0 fully saturated rings. The van der Waals surface area contributed by atoms with Crippen molar-refractivity contribution in [3.8, 4) is 0 Å². The Bertz CT molecular complexity index is 864. The Kier molecular flexibility index (Phi) is 9.21. The maximum absolute atomic E-state index is 12.8. The smallest absolute Gasteiger partial charge is 0.408 e. The van der Waals surface area contributed by atoms with Gasteiger partial charge in [0.05, 0.1) is 25.4 Å². The van der Waals surface area contributed by atoms with Gasteiger partial charge in [-0.15, -0.1) is 0 Å². The summed E-state index contributed by atoms with van der Waals surface area (Å²) in [7, 11) is 0. The van der Waals surface area contributed by atoms with E-state index in [9.17, 15) is 19.5 Å². The van der Waals surface area contributed by atoms with Gasteiger partial charge < -0.3 is 30.2 Å². The van der Waals surface area contributed by atoms with Crippen LogP contribution in [0.25, 0.3) is 0 Å². The second-order valence-corrected chi connectivity index (χ2v) is 8.22. The van der Waals surface area contributed by atoms with Gasteiger partial charge in [-0.25, -0.2) is 9.78 Å². The number of esters is 1. The molecule has 2 amide bonds. The number of rotatable bonds is 10. The zero-order chi connectivity index (χ0) is 23.6. The minimum Gasteiger partial charge on any atom is -0.461 e. The molecule has 0 saturated carbocycles. The molecule has 2 rings (SSSR count). The maximum atomic E-state index is 12.8. The van der Waals surface area contributed by atoms with Crippen LogP contribution in [0.1, 0.15) is 38.4 Å². The van der Waals surface area contributed by atoms with E-state index >= 15 is 0 Å². The lowest BCUT2D eigenvalue weighted by Gasteiger charge is -2.24. The molecule has 1 aromatic heterocycles. The number of aromatic nitrogens is 2. The number of imidazole rings is 1. The van der Waals surface area contributed by atoms with Crippen LogP contribution in [0.4, 0.5) is 4.79 Å². The molecule has 1 heterocycles. The predicted molar refractivity (Wildman–Crippen MR) is 115 cm³/mol. The number of amides is 2. The Morgan fingerprint density at radius 3 is 2.47 bits per heavy atom. The van der Waals surface area contributed by atoms with Gasteiger partial charge in [-0.2, -0.15) is 0 Å². The van der Waals surface area contributed by atoms with Gasteiger partial charge in [0.2, 0.25) is 5.91 Å². The molecular formula is C22H30N4O6. The van der Waals surface area contributed by atoms with Gasteiger partial charge in [-0.05, 0) is 26.3 Å². The number of nitrogens with zero attached hydrogens (tertiary/aromatic N) is 1. The average Bonchev–Trinajstić information content (AvgIpc) is 3.23. The number of alkyl carbamates (subject to hydrolysis) is 1. The fraction of sp³-hybridized carbons (Fsp3) is 0.455. The van der Waals surface area contributed by atoms with E-state index in [-0.39, 0.29) is 13.2 Å². The van der Waals surface area contributed by atoms with E-state index in [0.29, 0.717) is 12.1 Å². The van der Waals surface area contributed by atoms with Gasteiger partial charge in [0, 0.05) is 18.3 Å². The largest absolute Gasteiger partial charge is 0.461 e. The number of nitrogens with one attached hydrogen (secondary N) is 3. The number of aliphatic hydroxyl groups is 1. The first-order chi connectivity index (χ1) is 15.2. The molecule has 0 bridgehead atoms. The number of aromatic amines is 1. The molecule has 0 unspecified atom stereocenters. The summed E-state index contributed by atoms with van der Waals surface area (Å²) in [6.45, 7) is 4.74. The molecule has 1 aromatic carbocycles. The van der Waals surface area contributed by atoms with E-state index in [2.05, 4.69) is 20.6 Å². The number of H-pyrrole nitrogens is 1. The molecule has 2 atom stereocenters. The molecule has 32 heavy (non-hydrogen) atoms. The molecule has 0 saturated heterocycles. The average molecular weight is 447 g/mol. The predicted octanol–water partition coefficient (Wildman–Crippen LogP) is 1.46. The Morgan fingerprint density at radius 2 is 1.88 bits per heavy atom. The Labute approximate surface area is 186 Å². The summed E-state index contributed by atoms with van der Waals surface area (Å²) in [5, 5.41) is 14.7. The molecular weight excluding hydrogens is 416 g/mol. The van der Waals surface area contributed by atoms with Crippen molar-refractivity contribution < 1.29 is 29.0 Å². The molecule has 0 aliphatic heterocycles. The first-order valence-corrected chi connectivity index (χ1v) is 10.2. The third-order valence-electron chi connectivity index (χ3n) is 4.21. The third-order valence-corrected chi connectivity index (χ3v) is 4.21. The van der Waals surface area contributed by atoms with Gasteiger partial charge in [-0.3, -0.25) is 9.59 Å². The van der Waals surface area contributed by atoms with Crippen molar-refractivity contribution in [1.29, 1.82) is 0 Å². The maximum Gasteiger partial charge on any atom is 0.408 e. The van der Waals surface area contributed by atoms with Crippen LogP contribution in [0, 0.1) is 0 Å². The van der Waals surface area contributed by atoms with Crippen LogP contribution >= 0.6 is 0 Å². The van der Waals surface area contributed by atoms with E-state index < -0.39 is 42.1 Å². The minimum atomic E-state index is -1.25. The fourth-order valence-electron chi connectivity index (χ4n) is 2.75. The first-order valence-electron chi connectivity index (χ1n) is 10.2. The number of benzene rings is 1. The van der Waals surface area contributed by atoms with Crippen LogP contribution in [0.5, 0.6) is 0 Å². The number of aliphatic hydroxyl groups excluding tert-OH is 1. The van der Waals surface area contributed by atoms with E-state index in [4.69, 9.17) is 9.47 Å². The Hall–Kier alpha value is -3.40. The minimum absolute atomic E-state index is 0.0412. The molecule has 10 nitrogen and oxygen atoms in total.